The second-order valence-electron chi connectivity index (χ2n) is 5.44. The maximum atomic E-state index is 12.4. The molecule has 2 aliphatic rings. The zero-order valence-corrected chi connectivity index (χ0v) is 13.4. The highest BCUT2D eigenvalue weighted by atomic mass is 79.9. The second-order valence-corrected chi connectivity index (χ2v) is 6.67. The Hall–Kier alpha value is -0.870. The monoisotopic (exact) mass is 355 g/mol. The maximum absolute atomic E-state index is 12.4. The quantitative estimate of drug-likeness (QED) is 0.800. The molecule has 106 valence electrons. The van der Waals surface area contributed by atoms with Crippen LogP contribution in [0.5, 0.6) is 0 Å². The van der Waals surface area contributed by atoms with E-state index in [1.54, 1.807) is 0 Å². The molecule has 5 heteroatoms. The van der Waals surface area contributed by atoms with E-state index >= 15 is 0 Å². The Morgan fingerprint density at radius 3 is 2.80 bits per heavy atom. The summed E-state index contributed by atoms with van der Waals surface area (Å²) in [7, 11) is 0. The van der Waals surface area contributed by atoms with Crippen molar-refractivity contribution in [2.24, 2.45) is 0 Å². The van der Waals surface area contributed by atoms with E-state index in [2.05, 4.69) is 26.2 Å². The molecule has 0 bridgehead atoms. The highest BCUT2D eigenvalue weighted by molar-refractivity contribution is 9.10. The SMILES string of the molecule is O=C1c2c(ccc(Br)c2Cl)N[C@@H]1C=[NH+]C1CCCCC1. The number of anilines is 1. The molecule has 0 spiro atoms. The molecule has 2 N–H and O–H groups in total. The van der Waals surface area contributed by atoms with Gasteiger partial charge in [0, 0.05) is 23.0 Å². The van der Waals surface area contributed by atoms with Gasteiger partial charge in [-0.25, -0.2) is 4.99 Å². The summed E-state index contributed by atoms with van der Waals surface area (Å²) >= 11 is 9.57. The van der Waals surface area contributed by atoms with Crippen molar-refractivity contribution < 1.29 is 9.79 Å². The Kier molecular flexibility index (Phi) is 4.13. The number of fused-ring (bicyclic) bond motifs is 1. The lowest BCUT2D eigenvalue weighted by atomic mass is 9.96. The number of hydrogen-bond acceptors (Lipinski definition) is 2. The number of rotatable bonds is 2. The molecule has 0 aromatic heterocycles. The molecule has 1 saturated carbocycles. The van der Waals surface area contributed by atoms with Gasteiger partial charge >= 0.3 is 0 Å². The minimum Gasteiger partial charge on any atom is -0.366 e. The zero-order chi connectivity index (χ0) is 14.1. The molecule has 3 nitrogen and oxygen atoms in total. The smallest absolute Gasteiger partial charge is 0.198 e. The van der Waals surface area contributed by atoms with E-state index in [4.69, 9.17) is 11.6 Å². The molecular weight excluding hydrogens is 340 g/mol. The predicted octanol–water partition coefficient (Wildman–Crippen LogP) is 2.56. The van der Waals surface area contributed by atoms with E-state index in [1.807, 2.05) is 18.3 Å². The summed E-state index contributed by atoms with van der Waals surface area (Å²) in [5.74, 6) is 0.0367. The van der Waals surface area contributed by atoms with Crippen LogP contribution in [0.3, 0.4) is 0 Å². The van der Waals surface area contributed by atoms with Gasteiger partial charge in [0.25, 0.3) is 0 Å². The van der Waals surface area contributed by atoms with Gasteiger partial charge < -0.3 is 5.32 Å². The Bertz CT molecular complexity index is 567. The van der Waals surface area contributed by atoms with Crippen LogP contribution in [0.15, 0.2) is 16.6 Å². The third kappa shape index (κ3) is 2.63. The molecule has 1 fully saturated rings. The van der Waals surface area contributed by atoms with Crippen LogP contribution in [0, 0.1) is 0 Å². The highest BCUT2D eigenvalue weighted by Crippen LogP contribution is 2.36. The van der Waals surface area contributed by atoms with Crippen molar-refractivity contribution in [3.8, 4) is 0 Å². The van der Waals surface area contributed by atoms with E-state index in [0.717, 1.165) is 10.2 Å². The van der Waals surface area contributed by atoms with Gasteiger partial charge in [0.05, 0.1) is 10.6 Å². The summed E-state index contributed by atoms with van der Waals surface area (Å²) < 4.78 is 0.758. The summed E-state index contributed by atoms with van der Waals surface area (Å²) in [5.41, 5.74) is 1.41. The van der Waals surface area contributed by atoms with Gasteiger partial charge in [-0.2, -0.15) is 0 Å². The first-order valence-corrected chi connectivity index (χ1v) is 8.22. The van der Waals surface area contributed by atoms with Crippen LogP contribution in [0.4, 0.5) is 5.69 Å². The van der Waals surface area contributed by atoms with Crippen LogP contribution in [0.1, 0.15) is 42.5 Å². The topological polar surface area (TPSA) is 43.1 Å². The molecule has 0 radical (unpaired) electrons. The van der Waals surface area contributed by atoms with Crippen molar-refractivity contribution in [2.75, 3.05) is 5.32 Å². The molecule has 1 aliphatic heterocycles. The number of hydrogen-bond donors (Lipinski definition) is 2. The molecule has 0 unspecified atom stereocenters. The average Bonchev–Trinajstić information content (AvgIpc) is 2.79. The first-order valence-electron chi connectivity index (χ1n) is 7.05. The first kappa shape index (κ1) is 14.1. The molecular formula is C15H17BrClN2O+. The van der Waals surface area contributed by atoms with Gasteiger partial charge in [0.15, 0.2) is 18.0 Å². The van der Waals surface area contributed by atoms with Gasteiger partial charge in [0.2, 0.25) is 0 Å². The van der Waals surface area contributed by atoms with Gasteiger partial charge in [-0.3, -0.25) is 4.79 Å². The number of halogens is 2. The fourth-order valence-electron chi connectivity index (χ4n) is 2.92. The van der Waals surface area contributed by atoms with Crippen molar-refractivity contribution in [3.63, 3.8) is 0 Å². The maximum Gasteiger partial charge on any atom is 0.198 e. The molecule has 0 amide bonds. The van der Waals surface area contributed by atoms with Crippen molar-refractivity contribution in [2.45, 2.75) is 44.2 Å². The Morgan fingerprint density at radius 1 is 1.30 bits per heavy atom. The van der Waals surface area contributed by atoms with E-state index in [1.165, 1.54) is 32.1 Å². The van der Waals surface area contributed by atoms with E-state index in [0.29, 0.717) is 16.6 Å². The number of carbonyl (C=O) groups is 1. The normalized spacial score (nSPS) is 23.1. The third-order valence-electron chi connectivity index (χ3n) is 4.04. The number of ketones is 1. The van der Waals surface area contributed by atoms with E-state index < -0.39 is 0 Å². The first-order chi connectivity index (χ1) is 9.66. The van der Waals surface area contributed by atoms with Crippen LogP contribution < -0.4 is 10.3 Å². The van der Waals surface area contributed by atoms with Crippen molar-refractivity contribution in [1.29, 1.82) is 0 Å². The summed E-state index contributed by atoms with van der Waals surface area (Å²) in [5, 5.41) is 3.71. The fraction of sp³-hybridized carbons (Fsp3) is 0.467. The second kappa shape index (κ2) is 5.86. The number of nitrogens with one attached hydrogen (secondary N) is 2. The molecule has 20 heavy (non-hydrogen) atoms. The van der Waals surface area contributed by atoms with Crippen LogP contribution in [-0.2, 0) is 0 Å². The summed E-state index contributed by atoms with van der Waals surface area (Å²) in [6, 6.07) is 3.93. The van der Waals surface area contributed by atoms with Crippen LogP contribution in [0.2, 0.25) is 5.02 Å². The van der Waals surface area contributed by atoms with Crippen LogP contribution >= 0.6 is 27.5 Å². The van der Waals surface area contributed by atoms with E-state index in [-0.39, 0.29) is 11.8 Å². The molecule has 3 rings (SSSR count). The van der Waals surface area contributed by atoms with Gasteiger partial charge in [-0.15, -0.1) is 0 Å². The lowest BCUT2D eigenvalue weighted by Gasteiger charge is -2.13. The number of Topliss-reactive ketones (excluding diaryl/α,β-unsaturated/α-hetero) is 1. The predicted molar refractivity (Wildman–Crippen MR) is 84.8 cm³/mol. The summed E-state index contributed by atoms with van der Waals surface area (Å²) in [4.78, 5) is 15.8. The lowest BCUT2D eigenvalue weighted by Crippen LogP contribution is -2.78. The van der Waals surface area contributed by atoms with Gasteiger partial charge in [-0.05, 0) is 40.9 Å². The molecule has 0 saturated heterocycles. The van der Waals surface area contributed by atoms with E-state index in [9.17, 15) is 4.79 Å². The Labute approximate surface area is 131 Å². The molecule has 1 aromatic rings. The van der Waals surface area contributed by atoms with Gasteiger partial charge in [-0.1, -0.05) is 18.0 Å². The summed E-state index contributed by atoms with van der Waals surface area (Å²) in [6.07, 6.45) is 8.15. The molecule has 1 aliphatic carbocycles. The Morgan fingerprint density at radius 2 is 2.05 bits per heavy atom. The minimum atomic E-state index is -0.321. The van der Waals surface area contributed by atoms with Crippen LogP contribution in [-0.4, -0.2) is 24.1 Å². The third-order valence-corrected chi connectivity index (χ3v) is 5.32. The minimum absolute atomic E-state index is 0.0367. The zero-order valence-electron chi connectivity index (χ0n) is 11.1. The average molecular weight is 357 g/mol. The number of benzene rings is 1. The molecule has 1 aromatic carbocycles. The van der Waals surface area contributed by atoms with Crippen molar-refractivity contribution in [1.82, 2.24) is 0 Å². The highest BCUT2D eigenvalue weighted by Gasteiger charge is 2.33. The largest absolute Gasteiger partial charge is 0.366 e. The van der Waals surface area contributed by atoms with Crippen molar-refractivity contribution >= 4 is 45.2 Å². The molecule has 1 atom stereocenters. The van der Waals surface area contributed by atoms with Gasteiger partial charge in [0.1, 0.15) is 6.04 Å². The summed E-state index contributed by atoms with van der Waals surface area (Å²) in [6.45, 7) is 0. The lowest BCUT2D eigenvalue weighted by molar-refractivity contribution is -0.503. The molecule has 1 heterocycles. The standard InChI is InChI=1S/C15H16BrClN2O/c16-10-6-7-11-13(14(10)17)15(20)12(19-11)8-18-9-4-2-1-3-5-9/h6-9,12,19H,1-5H2/p+1/t12-/m1/s1. The van der Waals surface area contributed by atoms with Crippen LogP contribution in [0.25, 0.3) is 0 Å². The number of carbonyl (C=O) groups excluding carboxylic acids is 1. The Balaban J connectivity index is 1.76. The van der Waals surface area contributed by atoms with Crippen molar-refractivity contribution in [3.05, 3.63) is 27.2 Å². The fourth-order valence-corrected chi connectivity index (χ4v) is 3.51.